The van der Waals surface area contributed by atoms with Gasteiger partial charge in [-0.1, -0.05) is 0 Å². The molecule has 0 aliphatic carbocycles. The molecule has 1 aromatic carbocycles. The molecule has 1 heterocycles. The van der Waals surface area contributed by atoms with Crippen LogP contribution in [0.15, 0.2) is 12.1 Å². The molecule has 1 N–H and O–H groups in total. The van der Waals surface area contributed by atoms with Crippen molar-refractivity contribution in [2.75, 3.05) is 11.9 Å². The summed E-state index contributed by atoms with van der Waals surface area (Å²) in [6.07, 6.45) is 1.85. The quantitative estimate of drug-likeness (QED) is 0.624. The van der Waals surface area contributed by atoms with Crippen molar-refractivity contribution in [3.63, 3.8) is 0 Å². The number of carbonyl (C=O) groups excluding carboxylic acids is 3. The van der Waals surface area contributed by atoms with Gasteiger partial charge in [0.05, 0.1) is 0 Å². The lowest BCUT2D eigenvalue weighted by Crippen LogP contribution is -2.51. The van der Waals surface area contributed by atoms with E-state index in [4.69, 9.17) is 9.47 Å². The molecule has 0 spiro atoms. The number of hydrogen-bond donors (Lipinski definition) is 1. The number of nitrogens with one attached hydrogen (secondary N) is 1. The summed E-state index contributed by atoms with van der Waals surface area (Å²) in [7, 11) is 0. The summed E-state index contributed by atoms with van der Waals surface area (Å²) in [5.41, 5.74) is 1.61. The summed E-state index contributed by atoms with van der Waals surface area (Å²) in [4.78, 5) is 38.2. The van der Waals surface area contributed by atoms with Gasteiger partial charge >= 0.3 is 12.1 Å². The molecular weight excluding hydrogens is 360 g/mol. The Balaban J connectivity index is 2.18. The van der Waals surface area contributed by atoms with Crippen molar-refractivity contribution >= 4 is 23.7 Å². The van der Waals surface area contributed by atoms with Crippen molar-refractivity contribution in [2.45, 2.75) is 72.4 Å². The van der Waals surface area contributed by atoms with Gasteiger partial charge in [-0.2, -0.15) is 0 Å². The van der Waals surface area contributed by atoms with Gasteiger partial charge in [0.25, 0.3) is 0 Å². The Morgan fingerprint density at radius 3 is 2.25 bits per heavy atom. The number of carbonyl (C=O) groups is 3. The number of hydrogen-bond acceptors (Lipinski definition) is 5. The van der Waals surface area contributed by atoms with Crippen LogP contribution in [0.2, 0.25) is 0 Å². The van der Waals surface area contributed by atoms with Crippen molar-refractivity contribution in [2.24, 2.45) is 0 Å². The predicted octanol–water partition coefficient (Wildman–Crippen LogP) is 3.96. The zero-order valence-electron chi connectivity index (χ0n) is 17.5. The first kappa shape index (κ1) is 21.7. The summed E-state index contributed by atoms with van der Waals surface area (Å²) in [5.74, 6) is -0.198. The van der Waals surface area contributed by atoms with Crippen LogP contribution in [0.3, 0.4) is 0 Å². The van der Waals surface area contributed by atoms with Gasteiger partial charge in [0.2, 0.25) is 5.91 Å². The van der Waals surface area contributed by atoms with E-state index in [1.54, 1.807) is 32.9 Å². The second-order valence-corrected chi connectivity index (χ2v) is 8.20. The van der Waals surface area contributed by atoms with Crippen LogP contribution in [0.1, 0.15) is 58.1 Å². The number of anilines is 1. The maximum absolute atomic E-state index is 13.0. The second kappa shape index (κ2) is 8.63. The highest BCUT2D eigenvalue weighted by atomic mass is 16.6. The molecule has 0 bridgehead atoms. The van der Waals surface area contributed by atoms with Crippen LogP contribution >= 0.6 is 0 Å². The molecule has 7 heteroatoms. The Morgan fingerprint density at radius 1 is 1.11 bits per heavy atom. The van der Waals surface area contributed by atoms with E-state index in [0.29, 0.717) is 24.4 Å². The van der Waals surface area contributed by atoms with Crippen LogP contribution in [-0.2, 0) is 14.3 Å². The number of rotatable bonds is 3. The fourth-order valence-electron chi connectivity index (χ4n) is 3.30. The number of esters is 1. The van der Waals surface area contributed by atoms with Gasteiger partial charge in [0, 0.05) is 19.2 Å². The highest BCUT2D eigenvalue weighted by Gasteiger charge is 2.35. The van der Waals surface area contributed by atoms with Crippen molar-refractivity contribution in [1.82, 2.24) is 4.90 Å². The summed E-state index contributed by atoms with van der Waals surface area (Å²) in [5, 5.41) is 2.95. The van der Waals surface area contributed by atoms with Crippen LogP contribution in [-0.4, -0.2) is 41.1 Å². The first-order chi connectivity index (χ1) is 13.0. The standard InChI is InChI=1S/C21H30N2O5/c1-13-11-16(27-15(3)24)12-14(2)18(13)22-19(25)17-9-7-8-10-23(17)20(26)28-21(4,5)6/h11-12,17H,7-10H2,1-6H3,(H,22,25)/t17-/m1/s1. The minimum Gasteiger partial charge on any atom is -0.444 e. The molecule has 7 nitrogen and oxygen atoms in total. The lowest BCUT2D eigenvalue weighted by atomic mass is 10.0. The van der Waals surface area contributed by atoms with E-state index in [0.717, 1.165) is 24.0 Å². The highest BCUT2D eigenvalue weighted by molar-refractivity contribution is 5.98. The Kier molecular flexibility index (Phi) is 6.69. The number of benzene rings is 1. The fraction of sp³-hybridized carbons (Fsp3) is 0.571. The lowest BCUT2D eigenvalue weighted by Gasteiger charge is -2.36. The molecule has 1 aromatic rings. The normalized spacial score (nSPS) is 17.1. The van der Waals surface area contributed by atoms with E-state index < -0.39 is 23.7 Å². The fourth-order valence-corrected chi connectivity index (χ4v) is 3.30. The van der Waals surface area contributed by atoms with Gasteiger partial charge in [-0.25, -0.2) is 4.79 Å². The molecule has 1 saturated heterocycles. The summed E-state index contributed by atoms with van der Waals surface area (Å²) >= 11 is 0. The number of amides is 2. The molecule has 154 valence electrons. The highest BCUT2D eigenvalue weighted by Crippen LogP contribution is 2.28. The number of likely N-dealkylation sites (tertiary alicyclic amines) is 1. The first-order valence-corrected chi connectivity index (χ1v) is 9.58. The van der Waals surface area contributed by atoms with Gasteiger partial charge in [-0.15, -0.1) is 0 Å². The van der Waals surface area contributed by atoms with E-state index in [1.807, 2.05) is 13.8 Å². The Labute approximate surface area is 166 Å². The summed E-state index contributed by atoms with van der Waals surface area (Å²) in [6, 6.07) is 2.84. The number of piperidine rings is 1. The number of ether oxygens (including phenoxy) is 2. The molecule has 1 aliphatic rings. The molecule has 0 aromatic heterocycles. The van der Waals surface area contributed by atoms with Crippen molar-refractivity contribution in [3.8, 4) is 5.75 Å². The topological polar surface area (TPSA) is 84.9 Å². The Hall–Kier alpha value is -2.57. The SMILES string of the molecule is CC(=O)Oc1cc(C)c(NC(=O)[C@H]2CCCCN2C(=O)OC(C)(C)C)c(C)c1. The van der Waals surface area contributed by atoms with E-state index in [-0.39, 0.29) is 5.91 Å². The molecule has 0 radical (unpaired) electrons. The zero-order chi connectivity index (χ0) is 21.1. The minimum absolute atomic E-state index is 0.239. The molecule has 0 unspecified atom stereocenters. The van der Waals surface area contributed by atoms with Crippen LogP contribution in [0, 0.1) is 13.8 Å². The van der Waals surface area contributed by atoms with Crippen molar-refractivity contribution in [1.29, 1.82) is 0 Å². The third-order valence-electron chi connectivity index (χ3n) is 4.45. The number of nitrogens with zero attached hydrogens (tertiary/aromatic N) is 1. The molecule has 28 heavy (non-hydrogen) atoms. The van der Waals surface area contributed by atoms with Gasteiger partial charge < -0.3 is 14.8 Å². The third-order valence-corrected chi connectivity index (χ3v) is 4.45. The molecule has 1 fully saturated rings. The first-order valence-electron chi connectivity index (χ1n) is 9.58. The van der Waals surface area contributed by atoms with E-state index >= 15 is 0 Å². The molecule has 1 atom stereocenters. The van der Waals surface area contributed by atoms with Gasteiger partial charge in [0.1, 0.15) is 17.4 Å². The number of aryl methyl sites for hydroxylation is 2. The third kappa shape index (κ3) is 5.71. The molecule has 0 saturated carbocycles. The average Bonchev–Trinajstić information content (AvgIpc) is 2.56. The molecule has 2 rings (SSSR count). The molecule has 1 aliphatic heterocycles. The maximum atomic E-state index is 13.0. The second-order valence-electron chi connectivity index (χ2n) is 8.20. The van der Waals surface area contributed by atoms with E-state index in [2.05, 4.69) is 5.32 Å². The Bertz CT molecular complexity index is 744. The van der Waals surface area contributed by atoms with Gasteiger partial charge in [-0.05, 0) is 77.1 Å². The van der Waals surface area contributed by atoms with Crippen LogP contribution in [0.5, 0.6) is 5.75 Å². The lowest BCUT2D eigenvalue weighted by molar-refractivity contribution is -0.131. The van der Waals surface area contributed by atoms with Crippen molar-refractivity contribution in [3.05, 3.63) is 23.3 Å². The van der Waals surface area contributed by atoms with Gasteiger partial charge in [0.15, 0.2) is 0 Å². The zero-order valence-corrected chi connectivity index (χ0v) is 17.5. The molecule has 2 amide bonds. The van der Waals surface area contributed by atoms with Crippen LogP contribution < -0.4 is 10.1 Å². The molecular formula is C21H30N2O5. The summed E-state index contributed by atoms with van der Waals surface area (Å²) < 4.78 is 10.6. The smallest absolute Gasteiger partial charge is 0.410 e. The Morgan fingerprint density at radius 2 is 1.71 bits per heavy atom. The van der Waals surface area contributed by atoms with E-state index in [1.165, 1.54) is 11.8 Å². The van der Waals surface area contributed by atoms with Crippen LogP contribution in [0.25, 0.3) is 0 Å². The van der Waals surface area contributed by atoms with E-state index in [9.17, 15) is 14.4 Å². The summed E-state index contributed by atoms with van der Waals surface area (Å²) in [6.45, 7) is 10.9. The van der Waals surface area contributed by atoms with Crippen LogP contribution in [0.4, 0.5) is 10.5 Å². The van der Waals surface area contributed by atoms with Crippen molar-refractivity contribution < 1.29 is 23.9 Å². The largest absolute Gasteiger partial charge is 0.444 e. The van der Waals surface area contributed by atoms with Gasteiger partial charge in [-0.3, -0.25) is 14.5 Å². The maximum Gasteiger partial charge on any atom is 0.410 e. The minimum atomic E-state index is -0.616. The predicted molar refractivity (Wildman–Crippen MR) is 106 cm³/mol. The monoisotopic (exact) mass is 390 g/mol. The average molecular weight is 390 g/mol.